The van der Waals surface area contributed by atoms with Crippen LogP contribution in [0, 0.1) is 5.82 Å². The molecule has 4 heteroatoms. The predicted molar refractivity (Wildman–Crippen MR) is 52.6 cm³/mol. The molecule has 2 rings (SSSR count). The van der Waals surface area contributed by atoms with E-state index in [1.54, 1.807) is 30.6 Å². The van der Waals surface area contributed by atoms with Crippen molar-refractivity contribution in [2.75, 3.05) is 0 Å². The molecule has 0 atom stereocenters. The van der Waals surface area contributed by atoms with Gasteiger partial charge in [0.25, 0.3) is 0 Å². The Morgan fingerprint density at radius 1 is 1.07 bits per heavy atom. The van der Waals surface area contributed by atoms with Gasteiger partial charge in [-0.15, -0.1) is 0 Å². The first-order valence-electron chi connectivity index (χ1n) is 4.03. The van der Waals surface area contributed by atoms with Gasteiger partial charge in [0.15, 0.2) is 0 Å². The lowest BCUT2D eigenvalue weighted by atomic mass is 10.3. The molecule has 0 saturated carbocycles. The van der Waals surface area contributed by atoms with Gasteiger partial charge in [0.1, 0.15) is 12.1 Å². The average Bonchev–Trinajstić information content (AvgIpc) is 2.23. The highest BCUT2D eigenvalue weighted by Gasteiger charge is 2.02. The summed E-state index contributed by atoms with van der Waals surface area (Å²) in [5, 5.41) is 0. The number of nitrogens with zero attached hydrogens (tertiary/aromatic N) is 2. The van der Waals surface area contributed by atoms with Crippen molar-refractivity contribution in [3.05, 3.63) is 48.8 Å². The van der Waals surface area contributed by atoms with E-state index in [9.17, 15) is 4.39 Å². The maximum atomic E-state index is 13.2. The molecule has 0 amide bonds. The van der Waals surface area contributed by atoms with Crippen LogP contribution in [0.4, 0.5) is 4.39 Å². The van der Waals surface area contributed by atoms with Crippen molar-refractivity contribution < 1.29 is 4.39 Å². The third-order valence-electron chi connectivity index (χ3n) is 1.60. The molecule has 14 heavy (non-hydrogen) atoms. The van der Waals surface area contributed by atoms with Crippen LogP contribution in [0.25, 0.3) is 0 Å². The molecule has 0 aliphatic heterocycles. The Labute approximate surface area is 85.2 Å². The summed E-state index contributed by atoms with van der Waals surface area (Å²) in [4.78, 5) is 9.13. The third kappa shape index (κ3) is 2.09. The molecular weight excluding hydrogens is 199 g/mol. The average molecular weight is 206 g/mol. The van der Waals surface area contributed by atoms with Crippen LogP contribution in [0.5, 0.6) is 0 Å². The number of hydrogen-bond donors (Lipinski definition) is 0. The SMILES string of the molecule is Fc1ccccc1Sc1cncnc1. The van der Waals surface area contributed by atoms with E-state index in [4.69, 9.17) is 0 Å². The summed E-state index contributed by atoms with van der Waals surface area (Å²) in [6.45, 7) is 0. The fourth-order valence-corrected chi connectivity index (χ4v) is 1.79. The number of benzene rings is 1. The lowest BCUT2D eigenvalue weighted by molar-refractivity contribution is 0.602. The van der Waals surface area contributed by atoms with Crippen LogP contribution >= 0.6 is 11.8 Å². The van der Waals surface area contributed by atoms with E-state index in [1.165, 1.54) is 24.2 Å². The van der Waals surface area contributed by atoms with Crippen molar-refractivity contribution in [2.45, 2.75) is 9.79 Å². The lowest BCUT2D eigenvalue weighted by Gasteiger charge is -2.00. The highest BCUT2D eigenvalue weighted by atomic mass is 32.2. The number of aromatic nitrogens is 2. The summed E-state index contributed by atoms with van der Waals surface area (Å²) in [5.74, 6) is -0.221. The molecule has 0 bridgehead atoms. The molecule has 2 nitrogen and oxygen atoms in total. The van der Waals surface area contributed by atoms with E-state index >= 15 is 0 Å². The molecule has 1 aromatic heterocycles. The van der Waals surface area contributed by atoms with Crippen molar-refractivity contribution >= 4 is 11.8 Å². The van der Waals surface area contributed by atoms with Gasteiger partial charge < -0.3 is 0 Å². The van der Waals surface area contributed by atoms with Gasteiger partial charge in [-0.1, -0.05) is 23.9 Å². The monoisotopic (exact) mass is 206 g/mol. The second kappa shape index (κ2) is 4.19. The molecule has 0 radical (unpaired) electrons. The van der Waals surface area contributed by atoms with Crippen molar-refractivity contribution in [3.63, 3.8) is 0 Å². The normalized spacial score (nSPS) is 10.1. The maximum Gasteiger partial charge on any atom is 0.137 e. The first kappa shape index (κ1) is 9.15. The standard InChI is InChI=1S/C10H7FN2S/c11-9-3-1-2-4-10(9)14-8-5-12-7-13-6-8/h1-7H. The summed E-state index contributed by atoms with van der Waals surface area (Å²) in [7, 11) is 0. The molecular formula is C10H7FN2S. The highest BCUT2D eigenvalue weighted by Crippen LogP contribution is 2.27. The van der Waals surface area contributed by atoms with Crippen LogP contribution in [0.15, 0.2) is 52.8 Å². The van der Waals surface area contributed by atoms with E-state index in [1.807, 2.05) is 0 Å². The molecule has 1 heterocycles. The molecule has 0 N–H and O–H groups in total. The van der Waals surface area contributed by atoms with E-state index in [-0.39, 0.29) is 5.82 Å². The molecule has 2 aromatic rings. The smallest absolute Gasteiger partial charge is 0.137 e. The second-order valence-corrected chi connectivity index (χ2v) is 3.72. The number of hydrogen-bond acceptors (Lipinski definition) is 3. The second-order valence-electron chi connectivity index (χ2n) is 2.61. The Balaban J connectivity index is 2.24. The van der Waals surface area contributed by atoms with Crippen LogP contribution in [-0.4, -0.2) is 9.97 Å². The zero-order valence-corrected chi connectivity index (χ0v) is 8.04. The minimum atomic E-state index is -0.221. The van der Waals surface area contributed by atoms with Crippen molar-refractivity contribution in [1.82, 2.24) is 9.97 Å². The van der Waals surface area contributed by atoms with E-state index in [0.717, 1.165) is 4.90 Å². The van der Waals surface area contributed by atoms with E-state index in [2.05, 4.69) is 9.97 Å². The summed E-state index contributed by atoms with van der Waals surface area (Å²) < 4.78 is 13.2. The third-order valence-corrected chi connectivity index (χ3v) is 2.60. The molecule has 0 aliphatic carbocycles. The Bertz CT molecular complexity index is 419. The minimum absolute atomic E-state index is 0.221. The summed E-state index contributed by atoms with van der Waals surface area (Å²) in [5.41, 5.74) is 0. The van der Waals surface area contributed by atoms with E-state index in [0.29, 0.717) is 4.90 Å². The summed E-state index contributed by atoms with van der Waals surface area (Å²) >= 11 is 1.31. The van der Waals surface area contributed by atoms with Gasteiger partial charge in [-0.25, -0.2) is 14.4 Å². The summed E-state index contributed by atoms with van der Waals surface area (Å²) in [6.07, 6.45) is 4.76. The van der Waals surface area contributed by atoms with E-state index < -0.39 is 0 Å². The number of rotatable bonds is 2. The van der Waals surface area contributed by atoms with Gasteiger partial charge >= 0.3 is 0 Å². The van der Waals surface area contributed by atoms with Gasteiger partial charge in [0.05, 0.1) is 0 Å². The van der Waals surface area contributed by atoms with Crippen molar-refractivity contribution in [1.29, 1.82) is 0 Å². The van der Waals surface area contributed by atoms with Crippen molar-refractivity contribution in [3.8, 4) is 0 Å². The van der Waals surface area contributed by atoms with Crippen LogP contribution in [0.1, 0.15) is 0 Å². The van der Waals surface area contributed by atoms with Crippen LogP contribution in [0.2, 0.25) is 0 Å². The van der Waals surface area contributed by atoms with Gasteiger partial charge in [-0.05, 0) is 12.1 Å². The van der Waals surface area contributed by atoms with Gasteiger partial charge in [0, 0.05) is 22.2 Å². The maximum absolute atomic E-state index is 13.2. The van der Waals surface area contributed by atoms with Crippen LogP contribution in [0.3, 0.4) is 0 Å². The highest BCUT2D eigenvalue weighted by molar-refractivity contribution is 7.99. The quantitative estimate of drug-likeness (QED) is 0.755. The lowest BCUT2D eigenvalue weighted by Crippen LogP contribution is -1.81. The summed E-state index contributed by atoms with van der Waals surface area (Å²) in [6, 6.07) is 6.63. The Hall–Kier alpha value is -1.42. The first-order chi connectivity index (χ1) is 6.86. The predicted octanol–water partition coefficient (Wildman–Crippen LogP) is 2.77. The van der Waals surface area contributed by atoms with Crippen LogP contribution in [-0.2, 0) is 0 Å². The Morgan fingerprint density at radius 2 is 1.79 bits per heavy atom. The molecule has 1 aromatic carbocycles. The van der Waals surface area contributed by atoms with Crippen molar-refractivity contribution in [2.24, 2.45) is 0 Å². The molecule has 0 saturated heterocycles. The number of halogens is 1. The van der Waals surface area contributed by atoms with Crippen LogP contribution < -0.4 is 0 Å². The zero-order chi connectivity index (χ0) is 9.80. The fraction of sp³-hybridized carbons (Fsp3) is 0. The molecule has 0 spiro atoms. The Kier molecular flexibility index (Phi) is 2.74. The first-order valence-corrected chi connectivity index (χ1v) is 4.85. The largest absolute Gasteiger partial charge is 0.244 e. The van der Waals surface area contributed by atoms with Gasteiger partial charge in [-0.2, -0.15) is 0 Å². The van der Waals surface area contributed by atoms with Gasteiger partial charge in [-0.3, -0.25) is 0 Å². The fourth-order valence-electron chi connectivity index (χ4n) is 0.993. The topological polar surface area (TPSA) is 25.8 Å². The Morgan fingerprint density at radius 3 is 2.50 bits per heavy atom. The molecule has 0 fully saturated rings. The molecule has 0 unspecified atom stereocenters. The minimum Gasteiger partial charge on any atom is -0.244 e. The zero-order valence-electron chi connectivity index (χ0n) is 7.22. The van der Waals surface area contributed by atoms with Gasteiger partial charge in [0.2, 0.25) is 0 Å². The molecule has 0 aliphatic rings. The molecule has 70 valence electrons.